The Balaban J connectivity index is 1.99. The number of carbonyl (C=O) groups excluding carboxylic acids is 1. The molecule has 1 aromatic rings. The number of amides is 1. The topological polar surface area (TPSA) is 29.1 Å². The quantitative estimate of drug-likeness (QED) is 0.902. The highest BCUT2D eigenvalue weighted by Crippen LogP contribution is 2.34. The molecule has 0 aromatic heterocycles. The van der Waals surface area contributed by atoms with Crippen LogP contribution in [0.2, 0.25) is 0 Å². The minimum absolute atomic E-state index is 0.0624. The molecule has 0 radical (unpaired) electrons. The molecule has 0 bridgehead atoms. The lowest BCUT2D eigenvalue weighted by molar-refractivity contribution is 0.0948. The first-order valence-electron chi connectivity index (χ1n) is 6.19. The molecule has 1 aliphatic rings. The van der Waals surface area contributed by atoms with Gasteiger partial charge in [0, 0.05) is 16.1 Å². The Labute approximate surface area is 111 Å². The molecule has 1 aliphatic carbocycles. The second-order valence-electron chi connectivity index (χ2n) is 4.78. The molecule has 0 aliphatic heterocycles. The zero-order valence-corrected chi connectivity index (χ0v) is 11.9. The van der Waals surface area contributed by atoms with Gasteiger partial charge in [0.25, 0.3) is 5.91 Å². The van der Waals surface area contributed by atoms with Crippen molar-refractivity contribution in [3.8, 4) is 0 Å². The molecule has 1 aromatic carbocycles. The summed E-state index contributed by atoms with van der Waals surface area (Å²) in [5, 5.41) is 3.11. The molecular weight excluding hydrogens is 278 g/mol. The summed E-state index contributed by atoms with van der Waals surface area (Å²) in [6.45, 7) is 4.16. The van der Waals surface area contributed by atoms with E-state index in [2.05, 4.69) is 28.2 Å². The highest BCUT2D eigenvalue weighted by molar-refractivity contribution is 9.10. The van der Waals surface area contributed by atoms with Crippen LogP contribution in [0.3, 0.4) is 0 Å². The number of nitrogens with one attached hydrogen (secondary N) is 1. The lowest BCUT2D eigenvalue weighted by Gasteiger charge is -2.08. The van der Waals surface area contributed by atoms with Crippen molar-refractivity contribution in [2.24, 2.45) is 5.92 Å². The maximum absolute atomic E-state index is 12.1. The van der Waals surface area contributed by atoms with Crippen LogP contribution < -0.4 is 5.32 Å². The van der Waals surface area contributed by atoms with E-state index < -0.39 is 0 Å². The zero-order valence-electron chi connectivity index (χ0n) is 10.3. The summed E-state index contributed by atoms with van der Waals surface area (Å²) in [5.74, 6) is 0.767. The Bertz CT molecular complexity index is 430. The third kappa shape index (κ3) is 2.89. The minimum atomic E-state index is 0.0624. The molecular formula is C14H18BrNO. The molecule has 0 saturated heterocycles. The van der Waals surface area contributed by atoms with Gasteiger partial charge >= 0.3 is 0 Å². The summed E-state index contributed by atoms with van der Waals surface area (Å²) in [7, 11) is 0. The van der Waals surface area contributed by atoms with E-state index in [0.717, 1.165) is 22.0 Å². The van der Waals surface area contributed by atoms with Crippen molar-refractivity contribution < 1.29 is 4.79 Å². The van der Waals surface area contributed by atoms with Gasteiger partial charge in [0.05, 0.1) is 0 Å². The standard InChI is InChI=1S/C14H18BrNO/c1-3-5-10-8-13(10)16-14(17)11-6-4-7-12(15)9(11)2/h4,6-7,10,13H,3,5,8H2,1-2H3,(H,16,17). The van der Waals surface area contributed by atoms with E-state index in [1.165, 1.54) is 12.8 Å². The van der Waals surface area contributed by atoms with Gasteiger partial charge in [-0.15, -0.1) is 0 Å². The van der Waals surface area contributed by atoms with Crippen molar-refractivity contribution in [3.63, 3.8) is 0 Å². The lowest BCUT2D eigenvalue weighted by Crippen LogP contribution is -2.27. The van der Waals surface area contributed by atoms with Crippen LogP contribution in [-0.2, 0) is 0 Å². The summed E-state index contributed by atoms with van der Waals surface area (Å²) in [4.78, 5) is 12.1. The van der Waals surface area contributed by atoms with Gasteiger partial charge in [-0.2, -0.15) is 0 Å². The van der Waals surface area contributed by atoms with Gasteiger partial charge in [-0.3, -0.25) is 4.79 Å². The predicted molar refractivity (Wildman–Crippen MR) is 73.1 cm³/mol. The monoisotopic (exact) mass is 295 g/mol. The number of hydrogen-bond acceptors (Lipinski definition) is 1. The molecule has 2 unspecified atom stereocenters. The molecule has 1 amide bonds. The van der Waals surface area contributed by atoms with Crippen LogP contribution in [0.1, 0.15) is 42.1 Å². The van der Waals surface area contributed by atoms with Crippen molar-refractivity contribution in [2.75, 3.05) is 0 Å². The van der Waals surface area contributed by atoms with Gasteiger partial charge in [0.2, 0.25) is 0 Å². The third-order valence-electron chi connectivity index (χ3n) is 3.41. The van der Waals surface area contributed by atoms with Crippen LogP contribution in [0, 0.1) is 12.8 Å². The van der Waals surface area contributed by atoms with Crippen LogP contribution in [0.5, 0.6) is 0 Å². The minimum Gasteiger partial charge on any atom is -0.349 e. The number of rotatable bonds is 4. The Kier molecular flexibility index (Phi) is 3.87. The van der Waals surface area contributed by atoms with Crippen LogP contribution in [0.4, 0.5) is 0 Å². The first kappa shape index (κ1) is 12.6. The van der Waals surface area contributed by atoms with Gasteiger partial charge in [0.15, 0.2) is 0 Å². The lowest BCUT2D eigenvalue weighted by atomic mass is 10.1. The van der Waals surface area contributed by atoms with Crippen molar-refractivity contribution in [2.45, 2.75) is 39.2 Å². The average molecular weight is 296 g/mol. The zero-order chi connectivity index (χ0) is 12.4. The number of hydrogen-bond donors (Lipinski definition) is 1. The first-order valence-corrected chi connectivity index (χ1v) is 6.98. The smallest absolute Gasteiger partial charge is 0.251 e. The van der Waals surface area contributed by atoms with Gasteiger partial charge in [0.1, 0.15) is 0 Å². The van der Waals surface area contributed by atoms with E-state index in [-0.39, 0.29) is 5.91 Å². The van der Waals surface area contributed by atoms with Crippen molar-refractivity contribution >= 4 is 21.8 Å². The molecule has 1 saturated carbocycles. The maximum atomic E-state index is 12.1. The number of carbonyl (C=O) groups is 1. The van der Waals surface area contributed by atoms with Gasteiger partial charge in [-0.25, -0.2) is 0 Å². The van der Waals surface area contributed by atoms with E-state index in [0.29, 0.717) is 12.0 Å². The molecule has 2 rings (SSSR count). The van der Waals surface area contributed by atoms with Gasteiger partial charge in [-0.1, -0.05) is 35.3 Å². The Morgan fingerprint density at radius 2 is 2.29 bits per heavy atom. The predicted octanol–water partition coefficient (Wildman–Crippen LogP) is 3.68. The highest BCUT2D eigenvalue weighted by atomic mass is 79.9. The average Bonchev–Trinajstić information content (AvgIpc) is 3.01. The third-order valence-corrected chi connectivity index (χ3v) is 4.27. The molecule has 3 heteroatoms. The fourth-order valence-corrected chi connectivity index (χ4v) is 2.58. The fraction of sp³-hybridized carbons (Fsp3) is 0.500. The van der Waals surface area contributed by atoms with E-state index in [4.69, 9.17) is 0 Å². The molecule has 1 fully saturated rings. The summed E-state index contributed by atoms with van der Waals surface area (Å²) < 4.78 is 0.992. The highest BCUT2D eigenvalue weighted by Gasteiger charge is 2.37. The van der Waals surface area contributed by atoms with Crippen molar-refractivity contribution in [1.29, 1.82) is 0 Å². The number of benzene rings is 1. The van der Waals surface area contributed by atoms with Crippen molar-refractivity contribution in [1.82, 2.24) is 5.32 Å². The molecule has 0 heterocycles. The van der Waals surface area contributed by atoms with E-state index in [1.807, 2.05) is 25.1 Å². The summed E-state index contributed by atoms with van der Waals surface area (Å²) in [6, 6.07) is 6.15. The summed E-state index contributed by atoms with van der Waals surface area (Å²) in [6.07, 6.45) is 3.57. The van der Waals surface area contributed by atoms with Crippen molar-refractivity contribution in [3.05, 3.63) is 33.8 Å². The summed E-state index contributed by atoms with van der Waals surface area (Å²) in [5.41, 5.74) is 1.79. The Morgan fingerprint density at radius 3 is 3.00 bits per heavy atom. The molecule has 92 valence electrons. The van der Waals surface area contributed by atoms with Crippen LogP contribution >= 0.6 is 15.9 Å². The largest absolute Gasteiger partial charge is 0.349 e. The van der Waals surface area contributed by atoms with Crippen LogP contribution in [-0.4, -0.2) is 11.9 Å². The molecule has 17 heavy (non-hydrogen) atoms. The maximum Gasteiger partial charge on any atom is 0.251 e. The SMILES string of the molecule is CCCC1CC1NC(=O)c1cccc(Br)c1C. The second-order valence-corrected chi connectivity index (χ2v) is 5.63. The van der Waals surface area contributed by atoms with Crippen LogP contribution in [0.25, 0.3) is 0 Å². The normalized spacial score (nSPS) is 22.3. The number of halogens is 1. The van der Waals surface area contributed by atoms with E-state index in [1.54, 1.807) is 0 Å². The molecule has 2 atom stereocenters. The van der Waals surface area contributed by atoms with Gasteiger partial charge in [-0.05, 0) is 43.4 Å². The van der Waals surface area contributed by atoms with Gasteiger partial charge < -0.3 is 5.32 Å². The van der Waals surface area contributed by atoms with E-state index in [9.17, 15) is 4.79 Å². The second kappa shape index (κ2) is 5.21. The molecule has 2 nitrogen and oxygen atoms in total. The summed E-state index contributed by atoms with van der Waals surface area (Å²) >= 11 is 3.45. The van der Waals surface area contributed by atoms with Crippen LogP contribution in [0.15, 0.2) is 22.7 Å². The fourth-order valence-electron chi connectivity index (χ4n) is 2.21. The Morgan fingerprint density at radius 1 is 1.53 bits per heavy atom. The Hall–Kier alpha value is -0.830. The molecule has 1 N–H and O–H groups in total. The molecule has 0 spiro atoms. The first-order chi connectivity index (χ1) is 8.13. The van der Waals surface area contributed by atoms with E-state index >= 15 is 0 Å².